The molecule has 0 bridgehead atoms. The number of carbonyl (C=O) groups is 1. The van der Waals surface area contributed by atoms with Crippen LogP contribution in [0.15, 0.2) is 11.6 Å². The summed E-state index contributed by atoms with van der Waals surface area (Å²) in [6, 6.07) is 0. The zero-order valence-electron chi connectivity index (χ0n) is 13.0. The normalized spacial score (nSPS) is 16.3. The standard InChI is InChI=1S/C11H3ClF16O2/c1-2(12)3(29)30-4(13)5(14,15)6(16,17)7(18,19)8(20,21)9(22,23)10(24,25)11(26,27)28/h4H,1H2. The van der Waals surface area contributed by atoms with Gasteiger partial charge in [-0.2, -0.15) is 70.2 Å². The van der Waals surface area contributed by atoms with Crippen LogP contribution >= 0.6 is 11.6 Å². The van der Waals surface area contributed by atoms with E-state index in [1.165, 1.54) is 0 Å². The van der Waals surface area contributed by atoms with Gasteiger partial charge in [0.2, 0.25) is 0 Å². The van der Waals surface area contributed by atoms with Crippen LogP contribution < -0.4 is 0 Å². The topological polar surface area (TPSA) is 26.3 Å². The minimum atomic E-state index is -8.58. The van der Waals surface area contributed by atoms with E-state index in [0.717, 1.165) is 0 Å². The molecule has 0 amide bonds. The summed E-state index contributed by atoms with van der Waals surface area (Å²) in [6.45, 7) is 2.36. The lowest BCUT2D eigenvalue weighted by Crippen LogP contribution is -2.73. The summed E-state index contributed by atoms with van der Waals surface area (Å²) >= 11 is 4.63. The Hall–Kier alpha value is -1.62. The summed E-state index contributed by atoms with van der Waals surface area (Å²) in [7, 11) is 0. The third kappa shape index (κ3) is 3.86. The number of hydrogen-bond donors (Lipinski definition) is 0. The summed E-state index contributed by atoms with van der Waals surface area (Å²) < 4.78 is 208. The molecule has 1 unspecified atom stereocenters. The van der Waals surface area contributed by atoms with E-state index in [2.05, 4.69) is 22.9 Å². The van der Waals surface area contributed by atoms with Crippen molar-refractivity contribution in [2.24, 2.45) is 0 Å². The van der Waals surface area contributed by atoms with E-state index in [0.29, 0.717) is 0 Å². The van der Waals surface area contributed by atoms with E-state index in [-0.39, 0.29) is 0 Å². The van der Waals surface area contributed by atoms with E-state index in [4.69, 9.17) is 0 Å². The molecule has 0 fully saturated rings. The van der Waals surface area contributed by atoms with E-state index in [1.54, 1.807) is 0 Å². The van der Waals surface area contributed by atoms with Gasteiger partial charge in [-0.25, -0.2) is 4.79 Å². The maximum atomic E-state index is 13.3. The molecule has 0 aliphatic rings. The van der Waals surface area contributed by atoms with Gasteiger partial charge in [0.15, 0.2) is 0 Å². The van der Waals surface area contributed by atoms with Crippen LogP contribution in [0.3, 0.4) is 0 Å². The maximum absolute atomic E-state index is 13.3. The molecule has 0 N–H and O–H groups in total. The van der Waals surface area contributed by atoms with Crippen LogP contribution in [0, 0.1) is 0 Å². The van der Waals surface area contributed by atoms with Gasteiger partial charge in [-0.1, -0.05) is 18.2 Å². The highest BCUT2D eigenvalue weighted by Gasteiger charge is 2.94. The third-order valence-electron chi connectivity index (χ3n) is 3.07. The van der Waals surface area contributed by atoms with Gasteiger partial charge in [-0.05, 0) is 0 Å². The number of carbonyl (C=O) groups excluding carboxylic acids is 1. The fraction of sp³-hybridized carbons (Fsp3) is 0.727. The van der Waals surface area contributed by atoms with Crippen LogP contribution in [0.1, 0.15) is 0 Å². The third-order valence-corrected chi connectivity index (χ3v) is 3.22. The van der Waals surface area contributed by atoms with Crippen LogP contribution in [0.5, 0.6) is 0 Å². The van der Waals surface area contributed by atoms with Crippen molar-refractivity contribution in [1.29, 1.82) is 0 Å². The molecule has 0 saturated heterocycles. The van der Waals surface area contributed by atoms with Gasteiger partial charge >= 0.3 is 54.0 Å². The van der Waals surface area contributed by atoms with Gasteiger partial charge in [0.25, 0.3) is 0 Å². The first-order chi connectivity index (χ1) is 12.7. The molecule has 0 rings (SSSR count). The van der Waals surface area contributed by atoms with Crippen molar-refractivity contribution in [2.45, 2.75) is 48.1 Å². The molecule has 178 valence electrons. The predicted octanol–water partition coefficient (Wildman–Crippen LogP) is 5.95. The molecule has 19 heteroatoms. The van der Waals surface area contributed by atoms with Crippen molar-refractivity contribution in [1.82, 2.24) is 0 Å². The number of halogens is 17. The fourth-order valence-corrected chi connectivity index (χ4v) is 1.40. The smallest absolute Gasteiger partial charge is 0.420 e. The molecule has 0 spiro atoms. The average Bonchev–Trinajstić information content (AvgIpc) is 2.52. The first kappa shape index (κ1) is 28.4. The number of ether oxygens (including phenoxy) is 1. The van der Waals surface area contributed by atoms with Gasteiger partial charge in [0, 0.05) is 0 Å². The van der Waals surface area contributed by atoms with E-state index in [1.807, 2.05) is 0 Å². The van der Waals surface area contributed by atoms with E-state index in [9.17, 15) is 75.0 Å². The van der Waals surface area contributed by atoms with Crippen LogP contribution in [-0.2, 0) is 9.53 Å². The molecular formula is C11H3ClF16O2. The molecule has 2 nitrogen and oxygen atoms in total. The molecule has 30 heavy (non-hydrogen) atoms. The van der Waals surface area contributed by atoms with E-state index < -0.39 is 59.1 Å². The lowest BCUT2D eigenvalue weighted by Gasteiger charge is -2.41. The number of hydrogen-bond acceptors (Lipinski definition) is 2. The first-order valence-corrected chi connectivity index (χ1v) is 6.66. The molecule has 0 aliphatic heterocycles. The predicted molar refractivity (Wildman–Crippen MR) is 61.7 cm³/mol. The highest BCUT2D eigenvalue weighted by Crippen LogP contribution is 2.62. The highest BCUT2D eigenvalue weighted by atomic mass is 35.5. The Morgan fingerprint density at radius 2 is 0.967 bits per heavy atom. The molecule has 0 aliphatic carbocycles. The molecule has 0 radical (unpaired) electrons. The fourth-order valence-electron chi connectivity index (χ4n) is 1.35. The van der Waals surface area contributed by atoms with Crippen LogP contribution in [0.25, 0.3) is 0 Å². The van der Waals surface area contributed by atoms with Crippen LogP contribution in [0.4, 0.5) is 70.2 Å². The number of rotatable bonds is 8. The quantitative estimate of drug-likeness (QED) is 0.231. The second-order valence-corrected chi connectivity index (χ2v) is 5.58. The van der Waals surface area contributed by atoms with Gasteiger partial charge in [-0.15, -0.1) is 0 Å². The highest BCUT2D eigenvalue weighted by molar-refractivity contribution is 6.40. The maximum Gasteiger partial charge on any atom is 0.460 e. The summed E-state index contributed by atoms with van der Waals surface area (Å²) in [5.41, 5.74) is 0. The van der Waals surface area contributed by atoms with Crippen molar-refractivity contribution in [3.8, 4) is 0 Å². The van der Waals surface area contributed by atoms with Gasteiger partial charge in [0.1, 0.15) is 5.03 Å². The largest absolute Gasteiger partial charge is 0.460 e. The monoisotopic (exact) mass is 506 g/mol. The van der Waals surface area contributed by atoms with Crippen molar-refractivity contribution >= 4 is 17.6 Å². The number of esters is 1. The molecule has 1 atom stereocenters. The lowest BCUT2D eigenvalue weighted by atomic mass is 9.91. The Morgan fingerprint density at radius 1 is 0.667 bits per heavy atom. The molecule has 0 heterocycles. The number of alkyl halides is 16. The molecule has 0 saturated carbocycles. The van der Waals surface area contributed by atoms with Crippen molar-refractivity contribution < 1.29 is 79.8 Å². The second kappa shape index (κ2) is 7.51. The Morgan fingerprint density at radius 3 is 1.27 bits per heavy atom. The second-order valence-electron chi connectivity index (χ2n) is 5.12. The minimum absolute atomic E-state index is 1.58. The zero-order chi connectivity index (χ0) is 24.9. The first-order valence-electron chi connectivity index (χ1n) is 6.28. The summed E-state index contributed by atoms with van der Waals surface area (Å²) in [4.78, 5) is 10.6. The van der Waals surface area contributed by atoms with Gasteiger partial charge < -0.3 is 4.74 Å². The Labute approximate surface area is 158 Å². The van der Waals surface area contributed by atoms with Gasteiger partial charge in [-0.3, -0.25) is 0 Å². The minimum Gasteiger partial charge on any atom is -0.420 e. The van der Waals surface area contributed by atoms with E-state index >= 15 is 0 Å². The summed E-state index contributed by atoms with van der Waals surface area (Å²) in [5, 5.41) is -1.58. The van der Waals surface area contributed by atoms with Gasteiger partial charge in [0.05, 0.1) is 0 Å². The summed E-state index contributed by atoms with van der Waals surface area (Å²) in [5.74, 6) is -51.8. The van der Waals surface area contributed by atoms with Crippen molar-refractivity contribution in [2.75, 3.05) is 0 Å². The van der Waals surface area contributed by atoms with Crippen LogP contribution in [-0.4, -0.2) is 54.0 Å². The Balaban J connectivity index is 6.48. The lowest BCUT2D eigenvalue weighted by molar-refractivity contribution is -0.458. The summed E-state index contributed by atoms with van der Waals surface area (Å²) in [6.07, 6.45) is -13.1. The van der Waals surface area contributed by atoms with Crippen LogP contribution in [0.2, 0.25) is 0 Å². The SMILES string of the molecule is C=C(Cl)C(=O)OC(F)C(F)(F)C(F)(F)C(F)(F)C(F)(F)C(F)(F)C(F)(F)C(F)(F)F. The average molecular weight is 507 g/mol. The zero-order valence-corrected chi connectivity index (χ0v) is 13.8. The van der Waals surface area contributed by atoms with Crippen molar-refractivity contribution in [3.05, 3.63) is 11.6 Å². The Kier molecular flexibility index (Phi) is 7.10. The molecular weight excluding hydrogens is 504 g/mol. The molecule has 0 aromatic heterocycles. The molecule has 0 aromatic rings. The van der Waals surface area contributed by atoms with Crippen molar-refractivity contribution in [3.63, 3.8) is 0 Å². The Bertz CT molecular complexity index is 681. The molecule has 0 aromatic carbocycles.